The fourth-order valence-electron chi connectivity index (χ4n) is 2.28. The van der Waals surface area contributed by atoms with Gasteiger partial charge in [-0.2, -0.15) is 0 Å². The molecule has 2 aromatic rings. The first-order valence-corrected chi connectivity index (χ1v) is 7.64. The van der Waals surface area contributed by atoms with Crippen LogP contribution in [0, 0.1) is 17.0 Å². The molecule has 0 heterocycles. The summed E-state index contributed by atoms with van der Waals surface area (Å²) in [5.41, 5.74) is 2.37. The van der Waals surface area contributed by atoms with Gasteiger partial charge in [0.1, 0.15) is 5.75 Å². The Morgan fingerprint density at radius 2 is 2.00 bits per heavy atom. The zero-order valence-corrected chi connectivity index (χ0v) is 13.9. The number of hydrogen-bond acceptors (Lipinski definition) is 4. The highest BCUT2D eigenvalue weighted by atomic mass is 16.6. The molecular formula is C18H20N2O4. The van der Waals surface area contributed by atoms with Gasteiger partial charge in [-0.1, -0.05) is 32.0 Å². The molecular weight excluding hydrogens is 308 g/mol. The third-order valence-corrected chi connectivity index (χ3v) is 3.49. The number of non-ortho nitro benzene ring substituents is 1. The quantitative estimate of drug-likeness (QED) is 0.641. The highest BCUT2D eigenvalue weighted by Crippen LogP contribution is 2.27. The molecule has 0 radical (unpaired) electrons. The maximum Gasteiger partial charge on any atom is 0.271 e. The maximum atomic E-state index is 12.0. The van der Waals surface area contributed by atoms with E-state index in [2.05, 4.69) is 19.2 Å². The van der Waals surface area contributed by atoms with Gasteiger partial charge in [0, 0.05) is 17.8 Å². The first-order chi connectivity index (χ1) is 11.4. The lowest BCUT2D eigenvalue weighted by atomic mass is 10.0. The molecule has 1 N–H and O–H groups in total. The van der Waals surface area contributed by atoms with E-state index in [0.29, 0.717) is 11.4 Å². The van der Waals surface area contributed by atoms with Crippen molar-refractivity contribution in [2.24, 2.45) is 0 Å². The average Bonchev–Trinajstić information content (AvgIpc) is 2.53. The molecule has 24 heavy (non-hydrogen) atoms. The van der Waals surface area contributed by atoms with E-state index in [9.17, 15) is 14.9 Å². The van der Waals surface area contributed by atoms with E-state index in [4.69, 9.17) is 4.74 Å². The van der Waals surface area contributed by atoms with Crippen LogP contribution < -0.4 is 10.1 Å². The number of nitro benzene ring substituents is 1. The zero-order valence-electron chi connectivity index (χ0n) is 13.9. The average molecular weight is 328 g/mol. The number of benzene rings is 2. The Balaban J connectivity index is 2.02. The number of nitro groups is 1. The van der Waals surface area contributed by atoms with Crippen LogP contribution >= 0.6 is 0 Å². The van der Waals surface area contributed by atoms with Gasteiger partial charge in [-0.3, -0.25) is 14.9 Å². The minimum atomic E-state index is -0.506. The summed E-state index contributed by atoms with van der Waals surface area (Å²) in [5.74, 6) is 0.589. The van der Waals surface area contributed by atoms with E-state index in [1.165, 1.54) is 18.2 Å². The Morgan fingerprint density at radius 3 is 2.67 bits per heavy atom. The largest absolute Gasteiger partial charge is 0.483 e. The Morgan fingerprint density at radius 1 is 1.25 bits per heavy atom. The van der Waals surface area contributed by atoms with Crippen LogP contribution in [0.1, 0.15) is 30.9 Å². The van der Waals surface area contributed by atoms with Crippen LogP contribution in [-0.4, -0.2) is 17.4 Å². The molecule has 0 aliphatic carbocycles. The summed E-state index contributed by atoms with van der Waals surface area (Å²) in [6.45, 7) is 5.91. The van der Waals surface area contributed by atoms with Crippen molar-refractivity contribution in [1.82, 2.24) is 0 Å². The number of amides is 1. The molecule has 1 amide bonds. The van der Waals surface area contributed by atoms with E-state index in [1.54, 1.807) is 6.07 Å². The molecule has 2 rings (SSSR count). The van der Waals surface area contributed by atoms with Crippen molar-refractivity contribution in [3.63, 3.8) is 0 Å². The molecule has 0 bridgehead atoms. The number of nitrogens with zero attached hydrogens (tertiary/aromatic N) is 1. The third-order valence-electron chi connectivity index (χ3n) is 3.49. The number of carbonyl (C=O) groups is 1. The van der Waals surface area contributed by atoms with Crippen molar-refractivity contribution in [2.45, 2.75) is 26.7 Å². The van der Waals surface area contributed by atoms with Crippen LogP contribution in [0.25, 0.3) is 0 Å². The van der Waals surface area contributed by atoms with Gasteiger partial charge in [0.05, 0.1) is 4.92 Å². The van der Waals surface area contributed by atoms with Crippen molar-refractivity contribution >= 4 is 17.3 Å². The first-order valence-electron chi connectivity index (χ1n) is 7.64. The molecule has 2 aromatic carbocycles. The van der Waals surface area contributed by atoms with Gasteiger partial charge in [-0.25, -0.2) is 0 Å². The van der Waals surface area contributed by atoms with E-state index in [0.717, 1.165) is 11.1 Å². The SMILES string of the molecule is Cc1ccc(C(C)C)c(OCC(=O)Nc2cccc([N+](=O)[O-])c2)c1. The topological polar surface area (TPSA) is 81.5 Å². The van der Waals surface area contributed by atoms with Crippen molar-refractivity contribution < 1.29 is 14.5 Å². The van der Waals surface area contributed by atoms with Gasteiger partial charge in [-0.05, 0) is 36.1 Å². The predicted octanol–water partition coefficient (Wildman–Crippen LogP) is 4.04. The minimum absolute atomic E-state index is 0.0745. The van der Waals surface area contributed by atoms with Crippen molar-refractivity contribution in [2.75, 3.05) is 11.9 Å². The lowest BCUT2D eigenvalue weighted by Gasteiger charge is -2.14. The Bertz CT molecular complexity index is 756. The first kappa shape index (κ1) is 17.5. The molecule has 6 nitrogen and oxygen atoms in total. The molecule has 6 heteroatoms. The molecule has 0 fully saturated rings. The molecule has 0 aliphatic heterocycles. The number of carbonyl (C=O) groups excluding carboxylic acids is 1. The second-order valence-corrected chi connectivity index (χ2v) is 5.84. The Kier molecular flexibility index (Phi) is 5.52. The fraction of sp³-hybridized carbons (Fsp3) is 0.278. The number of rotatable bonds is 6. The summed E-state index contributed by atoms with van der Waals surface area (Å²) in [6, 6.07) is 11.7. The fourth-order valence-corrected chi connectivity index (χ4v) is 2.28. The second-order valence-electron chi connectivity index (χ2n) is 5.84. The van der Waals surface area contributed by atoms with Crippen molar-refractivity contribution in [1.29, 1.82) is 0 Å². The lowest BCUT2D eigenvalue weighted by Crippen LogP contribution is -2.20. The van der Waals surface area contributed by atoms with E-state index in [1.807, 2.05) is 25.1 Å². The second kappa shape index (κ2) is 7.59. The minimum Gasteiger partial charge on any atom is -0.483 e. The lowest BCUT2D eigenvalue weighted by molar-refractivity contribution is -0.384. The zero-order chi connectivity index (χ0) is 17.7. The molecule has 0 aliphatic rings. The summed E-state index contributed by atoms with van der Waals surface area (Å²) in [4.78, 5) is 22.3. The van der Waals surface area contributed by atoms with E-state index in [-0.39, 0.29) is 24.1 Å². The molecule has 0 saturated heterocycles. The van der Waals surface area contributed by atoms with Crippen LogP contribution in [0.3, 0.4) is 0 Å². The number of hydrogen-bond donors (Lipinski definition) is 1. The summed E-state index contributed by atoms with van der Waals surface area (Å²) >= 11 is 0. The number of aryl methyl sites for hydroxylation is 1. The van der Waals surface area contributed by atoms with Gasteiger partial charge in [0.25, 0.3) is 11.6 Å². The predicted molar refractivity (Wildman–Crippen MR) is 92.5 cm³/mol. The van der Waals surface area contributed by atoms with Crippen LogP contribution in [0.2, 0.25) is 0 Å². The van der Waals surface area contributed by atoms with Crippen molar-refractivity contribution in [3.05, 3.63) is 63.7 Å². The van der Waals surface area contributed by atoms with Crippen LogP contribution in [0.15, 0.2) is 42.5 Å². The molecule has 0 unspecified atom stereocenters. The highest BCUT2D eigenvalue weighted by Gasteiger charge is 2.12. The highest BCUT2D eigenvalue weighted by molar-refractivity contribution is 5.92. The van der Waals surface area contributed by atoms with Crippen LogP contribution in [0.4, 0.5) is 11.4 Å². The summed E-state index contributed by atoms with van der Waals surface area (Å²) < 4.78 is 5.65. The standard InChI is InChI=1S/C18H20N2O4/c1-12(2)16-8-7-13(3)9-17(16)24-11-18(21)19-14-5-4-6-15(10-14)20(22)23/h4-10,12H,11H2,1-3H3,(H,19,21). The van der Waals surface area contributed by atoms with E-state index < -0.39 is 4.92 Å². The number of nitrogens with one attached hydrogen (secondary N) is 1. The maximum absolute atomic E-state index is 12.0. The van der Waals surface area contributed by atoms with Gasteiger partial charge < -0.3 is 10.1 Å². The molecule has 0 saturated carbocycles. The van der Waals surface area contributed by atoms with Gasteiger partial charge in [0.2, 0.25) is 0 Å². The summed E-state index contributed by atoms with van der Waals surface area (Å²) in [5, 5.41) is 13.4. The third kappa shape index (κ3) is 4.55. The molecule has 0 aromatic heterocycles. The molecule has 0 spiro atoms. The van der Waals surface area contributed by atoms with Crippen LogP contribution in [-0.2, 0) is 4.79 Å². The van der Waals surface area contributed by atoms with Crippen LogP contribution in [0.5, 0.6) is 5.75 Å². The Hall–Kier alpha value is -2.89. The molecule has 0 atom stereocenters. The monoisotopic (exact) mass is 328 g/mol. The van der Waals surface area contributed by atoms with Gasteiger partial charge in [0.15, 0.2) is 6.61 Å². The van der Waals surface area contributed by atoms with Gasteiger partial charge in [-0.15, -0.1) is 0 Å². The number of ether oxygens (including phenoxy) is 1. The summed E-state index contributed by atoms with van der Waals surface area (Å²) in [6.07, 6.45) is 0. The summed E-state index contributed by atoms with van der Waals surface area (Å²) in [7, 11) is 0. The van der Waals surface area contributed by atoms with Crippen molar-refractivity contribution in [3.8, 4) is 5.75 Å². The Labute approximate surface area is 140 Å². The number of anilines is 1. The van der Waals surface area contributed by atoms with E-state index >= 15 is 0 Å². The van der Waals surface area contributed by atoms with Gasteiger partial charge >= 0.3 is 0 Å². The normalized spacial score (nSPS) is 10.5. The smallest absolute Gasteiger partial charge is 0.271 e. The molecule has 126 valence electrons.